The minimum atomic E-state index is -0.580. The van der Waals surface area contributed by atoms with E-state index in [1.165, 1.54) is 18.2 Å². The van der Waals surface area contributed by atoms with Gasteiger partial charge in [0.2, 0.25) is 0 Å². The van der Waals surface area contributed by atoms with Crippen LogP contribution in [-0.2, 0) is 0 Å². The van der Waals surface area contributed by atoms with Crippen LogP contribution in [0.4, 0.5) is 0 Å². The Balaban J connectivity index is 0.00000128. The first-order valence-corrected chi connectivity index (χ1v) is 4.65. The summed E-state index contributed by atoms with van der Waals surface area (Å²) in [7, 11) is 0. The number of benzene rings is 1. The second kappa shape index (κ2) is 7.21. The molecule has 0 spiro atoms. The molecule has 78 valence electrons. The van der Waals surface area contributed by atoms with E-state index in [2.05, 4.69) is 5.21 Å². The largest absolute Gasteiger partial charge is 1.00 e. The van der Waals surface area contributed by atoms with Crippen LogP contribution in [0.5, 0.6) is 0 Å². The predicted molar refractivity (Wildman–Crippen MR) is 54.8 cm³/mol. The summed E-state index contributed by atoms with van der Waals surface area (Å²) in [4.78, 5) is 22.4. The Morgan fingerprint density at radius 2 is 1.71 bits per heavy atom. The molecule has 0 aliphatic heterocycles. The van der Waals surface area contributed by atoms with Crippen LogP contribution in [0.1, 0.15) is 0 Å². The van der Waals surface area contributed by atoms with E-state index in [-0.39, 0.29) is 69.4 Å². The third kappa shape index (κ3) is 4.01. The van der Waals surface area contributed by atoms with Crippen molar-refractivity contribution in [3.63, 3.8) is 0 Å². The smallest absolute Gasteiger partial charge is 0.313 e. The zero-order chi connectivity index (χ0) is 11.0. The molecule has 0 bridgehead atoms. The van der Waals surface area contributed by atoms with Gasteiger partial charge in [0, 0.05) is 0 Å². The van der Waals surface area contributed by atoms with Gasteiger partial charge in [-0.1, -0.05) is 28.1 Å². The summed E-state index contributed by atoms with van der Waals surface area (Å²) in [6.45, 7) is 0. The van der Waals surface area contributed by atoms with Crippen LogP contribution in [0.3, 0.4) is 0 Å². The van der Waals surface area contributed by atoms with Gasteiger partial charge in [0.05, 0.1) is 0 Å². The molecule has 0 saturated carbocycles. The van der Waals surface area contributed by atoms with Crippen LogP contribution < -0.4 is 74.4 Å². The Hall–Kier alpha value is 0.540. The molecular formula is C8H4Cl2N3Na2O2+. The second-order valence-corrected chi connectivity index (χ2v) is 3.69. The van der Waals surface area contributed by atoms with Gasteiger partial charge in [-0.05, 0) is 16.1 Å². The standard InChI is InChI=1S/C8H4Cl2N3O2.2Na/c9-5-1-4(2-6(10)3-5)7-8(14)11-12-13(7)15;;/h1-3H,(H-,11,12,14,15);;/q-1;2*+1. The molecular weight excluding hydrogens is 287 g/mol. The van der Waals surface area contributed by atoms with Crippen LogP contribution in [-0.4, -0.2) is 5.10 Å². The van der Waals surface area contributed by atoms with E-state index in [9.17, 15) is 9.70 Å². The van der Waals surface area contributed by atoms with Crippen molar-refractivity contribution in [2.45, 2.75) is 0 Å². The van der Waals surface area contributed by atoms with Gasteiger partial charge in [0.15, 0.2) is 0 Å². The van der Waals surface area contributed by atoms with E-state index in [0.29, 0.717) is 15.6 Å². The van der Waals surface area contributed by atoms with Crippen LogP contribution in [0.25, 0.3) is 11.3 Å². The molecule has 2 rings (SSSR count). The number of nitrogens with one attached hydrogen (secondary N) is 1. The fourth-order valence-electron chi connectivity index (χ4n) is 1.21. The molecule has 0 aliphatic rings. The topological polar surface area (TPSA) is 69.9 Å². The molecule has 1 N–H and O–H groups in total. The van der Waals surface area contributed by atoms with Crippen molar-refractivity contribution in [3.05, 3.63) is 43.5 Å². The molecule has 1 aromatic heterocycles. The zero-order valence-electron chi connectivity index (χ0n) is 9.20. The van der Waals surface area contributed by atoms with Gasteiger partial charge in [-0.3, -0.25) is 4.79 Å². The molecule has 0 fully saturated rings. The summed E-state index contributed by atoms with van der Waals surface area (Å²) in [5.41, 5.74) is -0.371. The van der Waals surface area contributed by atoms with Gasteiger partial charge in [-0.25, -0.2) is 0 Å². The fraction of sp³-hybridized carbons (Fsp3) is 0. The van der Waals surface area contributed by atoms with E-state index in [1.54, 1.807) is 0 Å². The Morgan fingerprint density at radius 1 is 1.18 bits per heavy atom. The monoisotopic (exact) mass is 290 g/mol. The molecule has 0 aliphatic carbocycles. The predicted octanol–water partition coefficient (Wildman–Crippen LogP) is -5.05. The molecule has 1 heterocycles. The number of halogens is 2. The molecule has 1 aromatic carbocycles. The number of aromatic amines is 1. The minimum absolute atomic E-state index is 0. The SMILES string of the molecule is O=c1[nH][n-][n+](=O)[c-]1-c1cc(Cl)cc(Cl)c1.[Na+].[Na+]. The quantitative estimate of drug-likeness (QED) is 0.325. The molecule has 0 amide bonds. The van der Waals surface area contributed by atoms with Crippen LogP contribution in [0.2, 0.25) is 10.0 Å². The summed E-state index contributed by atoms with van der Waals surface area (Å²) in [6.07, 6.45) is 0. The summed E-state index contributed by atoms with van der Waals surface area (Å²) in [5.74, 6) is 0. The van der Waals surface area contributed by atoms with Crippen LogP contribution in [0.15, 0.2) is 23.0 Å². The summed E-state index contributed by atoms with van der Waals surface area (Å²) in [5, 5.41) is 5.91. The van der Waals surface area contributed by atoms with Crippen molar-refractivity contribution in [1.29, 1.82) is 0 Å². The molecule has 17 heavy (non-hydrogen) atoms. The Bertz CT molecular complexity index is 572. The van der Waals surface area contributed by atoms with Crippen molar-refractivity contribution in [1.82, 2.24) is 10.3 Å². The minimum Gasteiger partial charge on any atom is -0.313 e. The van der Waals surface area contributed by atoms with E-state index in [1.807, 2.05) is 5.10 Å². The first-order chi connectivity index (χ1) is 7.08. The second-order valence-electron chi connectivity index (χ2n) is 2.82. The van der Waals surface area contributed by atoms with E-state index in [0.717, 1.165) is 0 Å². The Kier molecular flexibility index (Phi) is 7.44. The summed E-state index contributed by atoms with van der Waals surface area (Å²) in [6, 6.07) is 4.44. The van der Waals surface area contributed by atoms with Crippen molar-refractivity contribution in [2.24, 2.45) is 0 Å². The third-order valence-electron chi connectivity index (χ3n) is 1.78. The number of aromatic nitrogens is 3. The van der Waals surface area contributed by atoms with Crippen molar-refractivity contribution in [3.8, 4) is 11.3 Å². The maximum Gasteiger partial charge on any atom is 1.00 e. The first kappa shape index (κ1) is 17.5. The molecule has 0 saturated heterocycles. The fourth-order valence-corrected chi connectivity index (χ4v) is 1.74. The Labute approximate surface area is 150 Å². The molecule has 9 heteroatoms. The first-order valence-electron chi connectivity index (χ1n) is 3.89. The molecule has 5 nitrogen and oxygen atoms in total. The normalized spacial score (nSPS) is 9.29. The zero-order valence-corrected chi connectivity index (χ0v) is 14.7. The number of H-pyrrole nitrogens is 1. The van der Waals surface area contributed by atoms with Gasteiger partial charge < -0.3 is 10.3 Å². The molecule has 0 radical (unpaired) electrons. The average molecular weight is 291 g/mol. The van der Waals surface area contributed by atoms with E-state index < -0.39 is 5.56 Å². The maximum atomic E-state index is 11.2. The van der Waals surface area contributed by atoms with E-state index in [4.69, 9.17) is 23.2 Å². The number of nitrogens with zero attached hydrogens (tertiary/aromatic N) is 2. The van der Waals surface area contributed by atoms with Crippen molar-refractivity contribution in [2.75, 3.05) is 0 Å². The van der Waals surface area contributed by atoms with E-state index >= 15 is 0 Å². The van der Waals surface area contributed by atoms with Gasteiger partial charge in [-0.15, -0.1) is 22.2 Å². The van der Waals surface area contributed by atoms with Crippen molar-refractivity contribution < 1.29 is 63.7 Å². The van der Waals surface area contributed by atoms with Gasteiger partial charge in [0.1, 0.15) is 5.69 Å². The number of rotatable bonds is 1. The molecule has 2 aromatic rings. The number of hydrogen-bond acceptors (Lipinski definition) is 2. The maximum absolute atomic E-state index is 11.2. The van der Waals surface area contributed by atoms with Crippen LogP contribution >= 0.6 is 23.2 Å². The Morgan fingerprint density at radius 3 is 2.12 bits per heavy atom. The molecule has 0 atom stereocenters. The van der Waals surface area contributed by atoms with Gasteiger partial charge >= 0.3 is 64.7 Å². The number of hydrogen-bond donors (Lipinski definition) is 1. The van der Waals surface area contributed by atoms with Crippen molar-refractivity contribution >= 4 is 23.2 Å². The van der Waals surface area contributed by atoms with Gasteiger partial charge in [-0.2, -0.15) is 0 Å². The van der Waals surface area contributed by atoms with Gasteiger partial charge in [0.25, 0.3) is 0 Å². The summed E-state index contributed by atoms with van der Waals surface area (Å²) >= 11 is 11.5. The average Bonchev–Trinajstić information content (AvgIpc) is 2.44. The third-order valence-corrected chi connectivity index (χ3v) is 2.22. The summed E-state index contributed by atoms with van der Waals surface area (Å²) < 4.78 is 0.199. The van der Waals surface area contributed by atoms with Crippen LogP contribution in [0, 0.1) is 4.91 Å². The molecule has 0 unspecified atom stereocenters.